The molecular formula is C20H33BrO2. The number of rotatable bonds is 6. The molecule has 2 fully saturated rings. The van der Waals surface area contributed by atoms with Crippen LogP contribution in [0.3, 0.4) is 0 Å². The second kappa shape index (κ2) is 7.84. The van der Waals surface area contributed by atoms with Crippen LogP contribution in [0.4, 0.5) is 0 Å². The summed E-state index contributed by atoms with van der Waals surface area (Å²) in [5, 5.41) is 19.8. The first-order chi connectivity index (χ1) is 10.8. The molecule has 0 aromatic heterocycles. The summed E-state index contributed by atoms with van der Waals surface area (Å²) in [5.41, 5.74) is 2.72. The summed E-state index contributed by atoms with van der Waals surface area (Å²) in [6.45, 7) is 10.6. The van der Waals surface area contributed by atoms with Gasteiger partial charge in [-0.25, -0.2) is 0 Å². The van der Waals surface area contributed by atoms with E-state index in [1.807, 2.05) is 6.92 Å². The molecule has 0 spiro atoms. The van der Waals surface area contributed by atoms with E-state index in [4.69, 9.17) is 0 Å². The molecule has 0 heterocycles. The fraction of sp³-hybridized carbons (Fsp3) is 0.800. The van der Waals surface area contributed by atoms with Crippen LogP contribution in [-0.4, -0.2) is 22.9 Å². The van der Waals surface area contributed by atoms with Crippen LogP contribution in [0.5, 0.6) is 0 Å². The van der Waals surface area contributed by atoms with Gasteiger partial charge in [-0.15, -0.1) is 0 Å². The number of halogens is 1. The van der Waals surface area contributed by atoms with Gasteiger partial charge in [0.1, 0.15) is 0 Å². The average Bonchev–Trinajstić information content (AvgIpc) is 2.90. The first-order valence-electron chi connectivity index (χ1n) is 9.10. The van der Waals surface area contributed by atoms with Gasteiger partial charge in [-0.1, -0.05) is 48.9 Å². The Morgan fingerprint density at radius 2 is 2.13 bits per heavy atom. The van der Waals surface area contributed by atoms with E-state index in [0.29, 0.717) is 23.2 Å². The number of aliphatic hydroxyl groups excluding tert-OH is 2. The Bertz CT molecular complexity index is 459. The van der Waals surface area contributed by atoms with Crippen LogP contribution < -0.4 is 0 Å². The number of hydrogen-bond acceptors (Lipinski definition) is 2. The van der Waals surface area contributed by atoms with Crippen LogP contribution in [0, 0.1) is 29.1 Å². The zero-order chi connectivity index (χ0) is 17.2. The Kier molecular flexibility index (Phi) is 6.55. The number of allylic oxidation sites excluding steroid dienone is 1. The maximum atomic E-state index is 10.5. The Balaban J connectivity index is 2.05. The Hall–Kier alpha value is -0.120. The van der Waals surface area contributed by atoms with Crippen molar-refractivity contribution < 1.29 is 10.2 Å². The molecule has 2 aliphatic carbocycles. The molecule has 2 aliphatic rings. The maximum absolute atomic E-state index is 10.5. The molecule has 0 bridgehead atoms. The Labute approximate surface area is 150 Å². The van der Waals surface area contributed by atoms with Crippen molar-refractivity contribution in [2.45, 2.75) is 65.4 Å². The quantitative estimate of drug-likeness (QED) is 0.628. The summed E-state index contributed by atoms with van der Waals surface area (Å²) in [6, 6.07) is 0. The summed E-state index contributed by atoms with van der Waals surface area (Å²) in [6.07, 6.45) is 6.80. The average molecular weight is 385 g/mol. The minimum absolute atomic E-state index is 0.0307. The highest BCUT2D eigenvalue weighted by Gasteiger charge is 2.50. The van der Waals surface area contributed by atoms with Crippen molar-refractivity contribution in [1.29, 1.82) is 0 Å². The number of aliphatic hydroxyl groups is 2. The summed E-state index contributed by atoms with van der Waals surface area (Å²) < 4.78 is 0. The van der Waals surface area contributed by atoms with Crippen molar-refractivity contribution in [2.75, 3.05) is 6.61 Å². The van der Waals surface area contributed by atoms with Gasteiger partial charge in [-0.2, -0.15) is 0 Å². The Morgan fingerprint density at radius 1 is 1.43 bits per heavy atom. The van der Waals surface area contributed by atoms with E-state index in [9.17, 15) is 10.2 Å². The maximum Gasteiger partial charge on any atom is 0.0642 e. The molecule has 2 nitrogen and oxygen atoms in total. The molecule has 0 unspecified atom stereocenters. The highest BCUT2D eigenvalue weighted by molar-refractivity contribution is 9.11. The highest BCUT2D eigenvalue weighted by atomic mass is 79.9. The summed E-state index contributed by atoms with van der Waals surface area (Å²) in [4.78, 5) is 2.17. The summed E-state index contributed by atoms with van der Waals surface area (Å²) in [7, 11) is 0. The third-order valence-electron chi connectivity index (χ3n) is 6.90. The van der Waals surface area contributed by atoms with E-state index >= 15 is 0 Å². The molecular weight excluding hydrogens is 352 g/mol. The summed E-state index contributed by atoms with van der Waals surface area (Å²) >= 11 is 3.58. The Morgan fingerprint density at radius 3 is 2.74 bits per heavy atom. The van der Waals surface area contributed by atoms with Gasteiger partial charge in [-0.3, -0.25) is 0 Å². The van der Waals surface area contributed by atoms with Gasteiger partial charge >= 0.3 is 0 Å². The SMILES string of the molecule is C=C(CO)[C@H](C)[C@@H](O)C[C@@H](C)[C@H]1CC[C@H]2C(=CBr)CCC[C@]12C. The minimum atomic E-state index is -0.401. The number of fused-ring (bicyclic) bond motifs is 1. The first-order valence-corrected chi connectivity index (χ1v) is 10.0. The predicted molar refractivity (Wildman–Crippen MR) is 100 cm³/mol. The monoisotopic (exact) mass is 384 g/mol. The van der Waals surface area contributed by atoms with Crippen LogP contribution in [0.25, 0.3) is 0 Å². The van der Waals surface area contributed by atoms with Crippen LogP contribution in [-0.2, 0) is 0 Å². The molecule has 2 N–H and O–H groups in total. The van der Waals surface area contributed by atoms with Crippen molar-refractivity contribution in [3.8, 4) is 0 Å². The highest BCUT2D eigenvalue weighted by Crippen LogP contribution is 2.60. The number of hydrogen-bond donors (Lipinski definition) is 2. The van der Waals surface area contributed by atoms with E-state index < -0.39 is 6.10 Å². The molecule has 23 heavy (non-hydrogen) atoms. The zero-order valence-corrected chi connectivity index (χ0v) is 16.5. The van der Waals surface area contributed by atoms with Crippen LogP contribution in [0.15, 0.2) is 22.7 Å². The van der Waals surface area contributed by atoms with Crippen LogP contribution in [0.2, 0.25) is 0 Å². The molecule has 0 radical (unpaired) electrons. The minimum Gasteiger partial charge on any atom is -0.393 e. The molecule has 0 aliphatic heterocycles. The van der Waals surface area contributed by atoms with Gasteiger partial charge in [0, 0.05) is 5.92 Å². The molecule has 6 atom stereocenters. The van der Waals surface area contributed by atoms with Crippen molar-refractivity contribution in [3.63, 3.8) is 0 Å². The molecule has 3 heteroatoms. The molecule has 2 saturated carbocycles. The lowest BCUT2D eigenvalue weighted by atomic mass is 9.61. The van der Waals surface area contributed by atoms with Crippen LogP contribution >= 0.6 is 15.9 Å². The molecule has 0 aromatic carbocycles. The van der Waals surface area contributed by atoms with E-state index in [2.05, 4.69) is 41.3 Å². The van der Waals surface area contributed by atoms with Gasteiger partial charge in [0.05, 0.1) is 12.7 Å². The summed E-state index contributed by atoms with van der Waals surface area (Å²) in [5.74, 6) is 1.87. The first kappa shape index (κ1) is 19.2. The largest absolute Gasteiger partial charge is 0.393 e. The normalized spacial score (nSPS) is 36.5. The van der Waals surface area contributed by atoms with Crippen molar-refractivity contribution >= 4 is 15.9 Å². The molecule has 0 aromatic rings. The van der Waals surface area contributed by atoms with Gasteiger partial charge < -0.3 is 10.2 Å². The fourth-order valence-electron chi connectivity index (χ4n) is 5.31. The third-order valence-corrected chi connectivity index (χ3v) is 7.49. The van der Waals surface area contributed by atoms with Gasteiger partial charge in [-0.05, 0) is 72.3 Å². The standard InChI is InChI=1S/C20H33BrO2/c1-13(10-19(23)15(3)14(2)12-22)17-7-8-18-16(11-21)6-5-9-20(17,18)4/h11,13,15,17-19,22-23H,2,5-10,12H2,1,3-4H3/t13-,15+,17-,18+,19+,20-/m1/s1. The van der Waals surface area contributed by atoms with Gasteiger partial charge in [0.15, 0.2) is 0 Å². The van der Waals surface area contributed by atoms with E-state index in [1.54, 1.807) is 5.57 Å². The van der Waals surface area contributed by atoms with Crippen molar-refractivity contribution in [1.82, 2.24) is 0 Å². The third kappa shape index (κ3) is 3.77. The van der Waals surface area contributed by atoms with Crippen molar-refractivity contribution in [2.24, 2.45) is 29.1 Å². The predicted octanol–water partition coefficient (Wildman–Crippen LogP) is 5.05. The zero-order valence-electron chi connectivity index (χ0n) is 14.9. The molecule has 132 valence electrons. The van der Waals surface area contributed by atoms with Gasteiger partial charge in [0.2, 0.25) is 0 Å². The smallest absolute Gasteiger partial charge is 0.0642 e. The molecule has 0 saturated heterocycles. The second-order valence-corrected chi connectivity index (χ2v) is 8.62. The lowest BCUT2D eigenvalue weighted by Gasteiger charge is -2.44. The van der Waals surface area contributed by atoms with E-state index in [-0.39, 0.29) is 12.5 Å². The second-order valence-electron chi connectivity index (χ2n) is 8.17. The topological polar surface area (TPSA) is 40.5 Å². The van der Waals surface area contributed by atoms with Gasteiger partial charge in [0.25, 0.3) is 0 Å². The molecule has 0 amide bonds. The van der Waals surface area contributed by atoms with E-state index in [0.717, 1.165) is 12.0 Å². The lowest BCUT2D eigenvalue weighted by Crippen LogP contribution is -2.37. The fourth-order valence-corrected chi connectivity index (χ4v) is 5.86. The lowest BCUT2D eigenvalue weighted by molar-refractivity contribution is 0.0486. The molecule has 2 rings (SSSR count). The van der Waals surface area contributed by atoms with Crippen LogP contribution in [0.1, 0.15) is 59.3 Å². The van der Waals surface area contributed by atoms with E-state index in [1.165, 1.54) is 32.1 Å². The van der Waals surface area contributed by atoms with Crippen molar-refractivity contribution in [3.05, 3.63) is 22.7 Å².